The Kier molecular flexibility index (Phi) is 6.26. The molecule has 3 nitrogen and oxygen atoms in total. The van der Waals surface area contributed by atoms with Gasteiger partial charge in [0.25, 0.3) is 5.91 Å². The van der Waals surface area contributed by atoms with Gasteiger partial charge in [-0.1, -0.05) is 48.0 Å². The maximum absolute atomic E-state index is 12.6. The van der Waals surface area contributed by atoms with Crippen LogP contribution in [0.25, 0.3) is 0 Å². The molecular formula is C19H20ClN2OS2+. The van der Waals surface area contributed by atoms with Gasteiger partial charge in [0.05, 0.1) is 22.3 Å². The summed E-state index contributed by atoms with van der Waals surface area (Å²) in [6.45, 7) is 1.21. The molecule has 0 saturated heterocycles. The number of likely N-dealkylation sites (N-methyl/N-ethyl adjacent to an activating group) is 1. The second-order valence-electron chi connectivity index (χ2n) is 5.94. The summed E-state index contributed by atoms with van der Waals surface area (Å²) in [6.07, 6.45) is 0. The Morgan fingerprint density at radius 2 is 1.96 bits per heavy atom. The largest absolute Gasteiger partial charge is 0.339 e. The molecule has 2 N–H and O–H groups in total. The first-order valence-corrected chi connectivity index (χ1v) is 10.1. The lowest BCUT2D eigenvalue weighted by Crippen LogP contribution is -3.08. The molecular weight excluding hydrogens is 372 g/mol. The molecule has 0 fully saturated rings. The molecule has 1 unspecified atom stereocenters. The van der Waals surface area contributed by atoms with Crippen molar-refractivity contribution in [2.24, 2.45) is 0 Å². The van der Waals surface area contributed by atoms with E-state index in [1.165, 1.54) is 4.88 Å². The van der Waals surface area contributed by atoms with Gasteiger partial charge in [-0.2, -0.15) is 0 Å². The van der Waals surface area contributed by atoms with E-state index in [1.54, 1.807) is 22.7 Å². The van der Waals surface area contributed by atoms with E-state index in [-0.39, 0.29) is 11.9 Å². The van der Waals surface area contributed by atoms with Gasteiger partial charge in [-0.05, 0) is 29.1 Å². The van der Waals surface area contributed by atoms with Crippen molar-refractivity contribution in [2.75, 3.05) is 13.6 Å². The number of thiophene rings is 2. The van der Waals surface area contributed by atoms with E-state index in [4.69, 9.17) is 11.6 Å². The minimum Gasteiger partial charge on any atom is -0.339 e. The minimum absolute atomic E-state index is 0.0439. The molecule has 0 radical (unpaired) electrons. The summed E-state index contributed by atoms with van der Waals surface area (Å²) in [5.41, 5.74) is 1.10. The van der Waals surface area contributed by atoms with Crippen LogP contribution in [0.4, 0.5) is 0 Å². The van der Waals surface area contributed by atoms with Crippen LogP contribution >= 0.6 is 34.3 Å². The second-order valence-corrected chi connectivity index (χ2v) is 8.72. The molecule has 0 bridgehead atoms. The van der Waals surface area contributed by atoms with Crippen molar-refractivity contribution in [3.05, 3.63) is 79.6 Å². The molecule has 6 heteroatoms. The standard InChI is InChI=1S/C19H19ClN2OS2/c1-22(12-15-9-10-17(20)25-15)13-18(23)21-19(16-8-5-11-24-16)14-6-3-2-4-7-14/h2-11,19H,12-13H2,1H3,(H,21,23)/p+1/t19-/m1/s1. The fraction of sp³-hybridized carbons (Fsp3) is 0.211. The Labute approximate surface area is 160 Å². The molecule has 0 spiro atoms. The summed E-state index contributed by atoms with van der Waals surface area (Å²) in [6, 6.07) is 18.0. The average molecular weight is 392 g/mol. The van der Waals surface area contributed by atoms with Gasteiger partial charge in [0.1, 0.15) is 6.54 Å². The first-order valence-electron chi connectivity index (χ1n) is 8.05. The summed E-state index contributed by atoms with van der Waals surface area (Å²) >= 11 is 9.20. The van der Waals surface area contributed by atoms with Gasteiger partial charge < -0.3 is 10.2 Å². The third-order valence-electron chi connectivity index (χ3n) is 3.83. The summed E-state index contributed by atoms with van der Waals surface area (Å²) in [5.74, 6) is 0.0439. The number of benzene rings is 1. The molecule has 2 aromatic heterocycles. The van der Waals surface area contributed by atoms with E-state index in [1.807, 2.05) is 48.8 Å². The van der Waals surface area contributed by atoms with Crippen molar-refractivity contribution in [3.8, 4) is 0 Å². The summed E-state index contributed by atoms with van der Waals surface area (Å²) in [5, 5.41) is 5.22. The predicted molar refractivity (Wildman–Crippen MR) is 106 cm³/mol. The zero-order valence-electron chi connectivity index (χ0n) is 13.9. The SMILES string of the molecule is C[NH+](CC(=O)N[C@H](c1ccccc1)c1cccs1)Cc1ccc(Cl)s1. The zero-order chi connectivity index (χ0) is 17.6. The predicted octanol–water partition coefficient (Wildman–Crippen LogP) is 3.38. The zero-order valence-corrected chi connectivity index (χ0v) is 16.3. The minimum atomic E-state index is -0.0994. The monoisotopic (exact) mass is 391 g/mol. The highest BCUT2D eigenvalue weighted by molar-refractivity contribution is 7.16. The van der Waals surface area contributed by atoms with Crippen molar-refractivity contribution in [1.29, 1.82) is 0 Å². The van der Waals surface area contributed by atoms with Crippen LogP contribution in [0.3, 0.4) is 0 Å². The Morgan fingerprint density at radius 3 is 2.60 bits per heavy atom. The fourth-order valence-electron chi connectivity index (χ4n) is 2.71. The Hall–Kier alpha value is -1.66. The van der Waals surface area contributed by atoms with E-state index < -0.39 is 0 Å². The number of amides is 1. The first-order chi connectivity index (χ1) is 12.1. The lowest BCUT2D eigenvalue weighted by Gasteiger charge is -2.19. The van der Waals surface area contributed by atoms with Gasteiger partial charge in [0.15, 0.2) is 6.54 Å². The van der Waals surface area contributed by atoms with Gasteiger partial charge in [-0.25, -0.2) is 0 Å². The maximum atomic E-state index is 12.6. The fourth-order valence-corrected chi connectivity index (χ4v) is 4.72. The Morgan fingerprint density at radius 1 is 1.16 bits per heavy atom. The van der Waals surface area contributed by atoms with Crippen LogP contribution < -0.4 is 10.2 Å². The maximum Gasteiger partial charge on any atom is 0.275 e. The molecule has 130 valence electrons. The molecule has 2 heterocycles. The van der Waals surface area contributed by atoms with Crippen LogP contribution in [0.2, 0.25) is 4.34 Å². The summed E-state index contributed by atoms with van der Waals surface area (Å²) in [4.78, 5) is 16.0. The van der Waals surface area contributed by atoms with Crippen molar-refractivity contribution in [1.82, 2.24) is 5.32 Å². The van der Waals surface area contributed by atoms with Crippen LogP contribution in [-0.2, 0) is 11.3 Å². The van der Waals surface area contributed by atoms with E-state index in [0.717, 1.165) is 26.2 Å². The average Bonchev–Trinajstić information content (AvgIpc) is 3.25. The molecule has 0 aliphatic carbocycles. The normalized spacial score (nSPS) is 13.4. The molecule has 0 aliphatic rings. The van der Waals surface area contributed by atoms with E-state index in [9.17, 15) is 4.79 Å². The molecule has 1 amide bonds. The van der Waals surface area contributed by atoms with E-state index in [0.29, 0.717) is 6.54 Å². The highest BCUT2D eigenvalue weighted by Crippen LogP contribution is 2.25. The molecule has 2 atom stereocenters. The van der Waals surface area contributed by atoms with Crippen molar-refractivity contribution in [2.45, 2.75) is 12.6 Å². The van der Waals surface area contributed by atoms with Gasteiger partial charge >= 0.3 is 0 Å². The number of rotatable bonds is 7. The smallest absolute Gasteiger partial charge is 0.275 e. The van der Waals surface area contributed by atoms with Crippen molar-refractivity contribution < 1.29 is 9.69 Å². The molecule has 3 aromatic rings. The van der Waals surface area contributed by atoms with Gasteiger partial charge in [-0.3, -0.25) is 4.79 Å². The lowest BCUT2D eigenvalue weighted by molar-refractivity contribution is -0.885. The Balaban J connectivity index is 1.64. The van der Waals surface area contributed by atoms with Crippen molar-refractivity contribution in [3.63, 3.8) is 0 Å². The quantitative estimate of drug-likeness (QED) is 0.636. The summed E-state index contributed by atoms with van der Waals surface area (Å²) in [7, 11) is 2.02. The number of halogens is 1. The van der Waals surface area contributed by atoms with Crippen LogP contribution in [0, 0.1) is 0 Å². The molecule has 3 rings (SSSR count). The van der Waals surface area contributed by atoms with Crippen LogP contribution in [0.1, 0.15) is 21.4 Å². The first kappa shape index (κ1) is 18.1. The van der Waals surface area contributed by atoms with Crippen LogP contribution in [-0.4, -0.2) is 19.5 Å². The topological polar surface area (TPSA) is 33.5 Å². The van der Waals surface area contributed by atoms with Crippen LogP contribution in [0.15, 0.2) is 60.0 Å². The number of carbonyl (C=O) groups excluding carboxylic acids is 1. The molecule has 25 heavy (non-hydrogen) atoms. The number of quaternary nitrogens is 1. The highest BCUT2D eigenvalue weighted by Gasteiger charge is 2.20. The number of hydrogen-bond acceptors (Lipinski definition) is 3. The van der Waals surface area contributed by atoms with Crippen molar-refractivity contribution >= 4 is 40.2 Å². The van der Waals surface area contributed by atoms with Crippen LogP contribution in [0.5, 0.6) is 0 Å². The number of carbonyl (C=O) groups is 1. The highest BCUT2D eigenvalue weighted by atomic mass is 35.5. The van der Waals surface area contributed by atoms with E-state index >= 15 is 0 Å². The number of hydrogen-bond donors (Lipinski definition) is 2. The third-order valence-corrected chi connectivity index (χ3v) is 6.00. The lowest BCUT2D eigenvalue weighted by atomic mass is 10.1. The Bertz CT molecular complexity index is 802. The van der Waals surface area contributed by atoms with Gasteiger partial charge in [0, 0.05) is 4.88 Å². The summed E-state index contributed by atoms with van der Waals surface area (Å²) < 4.78 is 0.786. The van der Waals surface area contributed by atoms with Gasteiger partial charge in [-0.15, -0.1) is 22.7 Å². The van der Waals surface area contributed by atoms with Gasteiger partial charge in [0.2, 0.25) is 0 Å². The molecule has 0 saturated carbocycles. The number of nitrogens with one attached hydrogen (secondary N) is 2. The molecule has 1 aromatic carbocycles. The molecule has 0 aliphatic heterocycles. The van der Waals surface area contributed by atoms with E-state index in [2.05, 4.69) is 23.5 Å². The third kappa shape index (κ3) is 5.16. The second kappa shape index (κ2) is 8.63.